The molecule has 4 rings (SSSR count). The van der Waals surface area contributed by atoms with Crippen molar-refractivity contribution in [2.45, 2.75) is 23.4 Å². The van der Waals surface area contributed by atoms with Gasteiger partial charge in [0.25, 0.3) is 10.0 Å². The molecule has 12 heteroatoms. The number of rotatable bonds is 4. The molecule has 1 aromatic carbocycles. The number of hydrogen-bond donors (Lipinski definition) is 0. The molecule has 2 aromatic rings. The van der Waals surface area contributed by atoms with Gasteiger partial charge in [-0.05, 0) is 44.3 Å². The lowest BCUT2D eigenvalue weighted by Crippen LogP contribution is -2.54. The lowest BCUT2D eigenvalue weighted by Gasteiger charge is -2.40. The van der Waals surface area contributed by atoms with E-state index in [1.54, 1.807) is 13.0 Å². The van der Waals surface area contributed by atoms with E-state index >= 15 is 0 Å². The van der Waals surface area contributed by atoms with Crippen molar-refractivity contribution in [1.82, 2.24) is 9.21 Å². The van der Waals surface area contributed by atoms with E-state index < -0.39 is 33.6 Å². The molecular formula is C21H26F4N4O2S2. The molecule has 2 aliphatic heterocycles. The maximum absolute atomic E-state index is 13.5. The molecular weight excluding hydrogens is 480 g/mol. The number of sulfonamides is 1. The van der Waals surface area contributed by atoms with Crippen LogP contribution in [0.2, 0.25) is 0 Å². The number of nitrogens with zero attached hydrogens (tertiary/aromatic N) is 4. The van der Waals surface area contributed by atoms with Crippen LogP contribution in [0.25, 0.3) is 0 Å². The Morgan fingerprint density at radius 3 is 2.27 bits per heavy atom. The number of thiophene rings is 1. The minimum atomic E-state index is -4.71. The van der Waals surface area contributed by atoms with Crippen LogP contribution in [0, 0.1) is 5.82 Å². The summed E-state index contributed by atoms with van der Waals surface area (Å²) in [6.45, 7) is 5.33. The molecule has 0 aliphatic carbocycles. The van der Waals surface area contributed by atoms with Gasteiger partial charge < -0.3 is 14.7 Å². The molecule has 0 bridgehead atoms. The Bertz CT molecular complexity index is 1100. The number of alkyl halides is 3. The molecule has 3 heterocycles. The first-order chi connectivity index (χ1) is 15.5. The second-order valence-corrected chi connectivity index (χ2v) is 11.6. The first-order valence-electron chi connectivity index (χ1n) is 10.6. The third-order valence-electron chi connectivity index (χ3n) is 6.12. The van der Waals surface area contributed by atoms with Crippen molar-refractivity contribution < 1.29 is 26.0 Å². The highest BCUT2D eigenvalue weighted by atomic mass is 32.2. The molecule has 0 N–H and O–H groups in total. The molecule has 0 saturated carbocycles. The second-order valence-electron chi connectivity index (χ2n) is 8.45. The van der Waals surface area contributed by atoms with Crippen molar-refractivity contribution in [1.29, 1.82) is 0 Å². The topological polar surface area (TPSA) is 47.1 Å². The van der Waals surface area contributed by atoms with Gasteiger partial charge in [0.05, 0.1) is 10.6 Å². The Kier molecular flexibility index (Phi) is 6.64. The maximum atomic E-state index is 13.5. The Morgan fingerprint density at radius 1 is 0.970 bits per heavy atom. The summed E-state index contributed by atoms with van der Waals surface area (Å²) in [4.78, 5) is 5.86. The number of hydrogen-bond acceptors (Lipinski definition) is 6. The molecule has 2 saturated heterocycles. The fourth-order valence-electron chi connectivity index (χ4n) is 4.29. The van der Waals surface area contributed by atoms with Gasteiger partial charge in [-0.2, -0.15) is 17.5 Å². The van der Waals surface area contributed by atoms with Crippen LogP contribution < -0.4 is 9.80 Å². The lowest BCUT2D eigenvalue weighted by atomic mass is 10.1. The fraction of sp³-hybridized carbons (Fsp3) is 0.524. The Hall–Kier alpha value is -1.89. The zero-order valence-electron chi connectivity index (χ0n) is 18.3. The Balaban J connectivity index is 1.51. The maximum Gasteiger partial charge on any atom is 0.418 e. The summed E-state index contributed by atoms with van der Waals surface area (Å²) in [6, 6.07) is 5.45. The van der Waals surface area contributed by atoms with Crippen LogP contribution in [-0.2, 0) is 16.2 Å². The smallest absolute Gasteiger partial charge is 0.368 e. The second kappa shape index (κ2) is 9.05. The summed E-state index contributed by atoms with van der Waals surface area (Å²) in [5.74, 6) is -0.964. The first kappa shape index (κ1) is 24.2. The van der Waals surface area contributed by atoms with E-state index in [0.29, 0.717) is 6.07 Å². The van der Waals surface area contributed by atoms with Gasteiger partial charge in [-0.25, -0.2) is 12.8 Å². The van der Waals surface area contributed by atoms with Gasteiger partial charge in [-0.1, -0.05) is 0 Å². The Morgan fingerprint density at radius 2 is 1.64 bits per heavy atom. The molecule has 2 aliphatic rings. The van der Waals surface area contributed by atoms with Crippen LogP contribution in [0.5, 0.6) is 0 Å². The van der Waals surface area contributed by atoms with Crippen LogP contribution in [0.3, 0.4) is 0 Å². The van der Waals surface area contributed by atoms with E-state index in [-0.39, 0.29) is 29.5 Å². The van der Waals surface area contributed by atoms with Gasteiger partial charge >= 0.3 is 6.18 Å². The molecule has 0 radical (unpaired) electrons. The number of benzene rings is 1. The molecule has 33 heavy (non-hydrogen) atoms. The number of piperazine rings is 2. The van der Waals surface area contributed by atoms with E-state index in [0.717, 1.165) is 43.3 Å². The van der Waals surface area contributed by atoms with Crippen LogP contribution in [0.15, 0.2) is 34.5 Å². The fourth-order valence-corrected chi connectivity index (χ4v) is 7.38. The molecule has 0 unspecified atom stereocenters. The monoisotopic (exact) mass is 506 g/mol. The predicted molar refractivity (Wildman–Crippen MR) is 121 cm³/mol. The summed E-state index contributed by atoms with van der Waals surface area (Å²) in [7, 11) is -1.74. The van der Waals surface area contributed by atoms with Gasteiger partial charge in [0, 0.05) is 57.5 Å². The average molecular weight is 507 g/mol. The SMILES string of the molecule is C[C@@H]1CN(c2ccc(F)cc2C(F)(F)F)CCN1S(=O)(=O)c1ccc(N2CCN(C)CC2)s1. The van der Waals surface area contributed by atoms with Gasteiger partial charge in [0.2, 0.25) is 0 Å². The molecule has 6 nitrogen and oxygen atoms in total. The number of anilines is 2. The number of halogens is 4. The summed E-state index contributed by atoms with van der Waals surface area (Å²) in [5.41, 5.74) is -1.19. The average Bonchev–Trinajstić information content (AvgIpc) is 3.24. The third-order valence-corrected chi connectivity index (χ3v) is 9.74. The first-order valence-corrected chi connectivity index (χ1v) is 12.9. The van der Waals surface area contributed by atoms with E-state index in [2.05, 4.69) is 9.80 Å². The van der Waals surface area contributed by atoms with Crippen molar-refractivity contribution in [3.8, 4) is 0 Å². The number of likely N-dealkylation sites (N-methyl/N-ethyl adjacent to an activating group) is 1. The van der Waals surface area contributed by atoms with Crippen LogP contribution in [-0.4, -0.2) is 76.5 Å². The molecule has 0 amide bonds. The van der Waals surface area contributed by atoms with Crippen molar-refractivity contribution in [3.63, 3.8) is 0 Å². The van der Waals surface area contributed by atoms with E-state index in [9.17, 15) is 26.0 Å². The molecule has 1 aromatic heterocycles. The minimum Gasteiger partial charge on any atom is -0.368 e. The summed E-state index contributed by atoms with van der Waals surface area (Å²) in [5, 5.41) is 0.897. The van der Waals surface area contributed by atoms with Gasteiger partial charge in [-0.15, -0.1) is 11.3 Å². The van der Waals surface area contributed by atoms with Crippen molar-refractivity contribution in [3.05, 3.63) is 41.7 Å². The molecule has 2 fully saturated rings. The van der Waals surface area contributed by atoms with E-state index in [1.165, 1.54) is 20.5 Å². The van der Waals surface area contributed by atoms with Crippen LogP contribution in [0.4, 0.5) is 28.3 Å². The third kappa shape index (κ3) is 4.98. The summed E-state index contributed by atoms with van der Waals surface area (Å²) in [6.07, 6.45) is -4.71. The Labute approximate surface area is 195 Å². The van der Waals surface area contributed by atoms with E-state index in [1.807, 2.05) is 13.1 Å². The highest BCUT2D eigenvalue weighted by Crippen LogP contribution is 2.39. The summed E-state index contributed by atoms with van der Waals surface area (Å²) >= 11 is 1.22. The largest absolute Gasteiger partial charge is 0.418 e. The van der Waals surface area contributed by atoms with Crippen molar-refractivity contribution >= 4 is 32.0 Å². The van der Waals surface area contributed by atoms with Crippen molar-refractivity contribution in [2.75, 3.05) is 62.7 Å². The van der Waals surface area contributed by atoms with Gasteiger partial charge in [-0.3, -0.25) is 0 Å². The quantitative estimate of drug-likeness (QED) is 0.594. The molecule has 182 valence electrons. The standard InChI is InChI=1S/C21H26F4N4O2S2/c1-15-14-28(18-4-3-16(22)13-17(18)21(23,24)25)11-12-29(15)33(30,31)20-6-5-19(32-20)27-9-7-26(2)8-10-27/h3-6,13,15H,7-12,14H2,1-2H3/t15-/m1/s1. The predicted octanol–water partition coefficient (Wildman–Crippen LogP) is 3.56. The minimum absolute atomic E-state index is 0.0416. The zero-order valence-corrected chi connectivity index (χ0v) is 20.0. The zero-order chi connectivity index (χ0) is 24.0. The highest BCUT2D eigenvalue weighted by Gasteiger charge is 2.39. The van der Waals surface area contributed by atoms with Crippen molar-refractivity contribution in [2.24, 2.45) is 0 Å². The lowest BCUT2D eigenvalue weighted by molar-refractivity contribution is -0.137. The normalized spacial score (nSPS) is 21.6. The molecule has 1 atom stereocenters. The summed E-state index contributed by atoms with van der Waals surface area (Å²) < 4.78 is 82.0. The highest BCUT2D eigenvalue weighted by molar-refractivity contribution is 7.91. The van der Waals surface area contributed by atoms with Gasteiger partial charge in [0.1, 0.15) is 10.0 Å². The van der Waals surface area contributed by atoms with Crippen LogP contribution in [0.1, 0.15) is 12.5 Å². The van der Waals surface area contributed by atoms with Crippen LogP contribution >= 0.6 is 11.3 Å². The van der Waals surface area contributed by atoms with E-state index in [4.69, 9.17) is 0 Å². The molecule has 0 spiro atoms. The van der Waals surface area contributed by atoms with Gasteiger partial charge in [0.15, 0.2) is 0 Å².